The summed E-state index contributed by atoms with van der Waals surface area (Å²) in [6.07, 6.45) is -8.72. The zero-order valence-electron chi connectivity index (χ0n) is 11.3. The number of hydrogen-bond acceptors (Lipinski definition) is 8. The number of aliphatic hydroxyl groups excluding tert-OH is 1. The molecule has 2 heterocycles. The lowest BCUT2D eigenvalue weighted by Crippen LogP contribution is -2.45. The van der Waals surface area contributed by atoms with Crippen LogP contribution in [0.1, 0.15) is 13.8 Å². The Hall–Kier alpha value is -1.62. The van der Waals surface area contributed by atoms with Crippen LogP contribution in [0, 0.1) is 0 Å². The Morgan fingerprint density at radius 2 is 1.90 bits per heavy atom. The second-order valence-electron chi connectivity index (χ2n) is 5.06. The van der Waals surface area contributed by atoms with E-state index >= 15 is 0 Å². The third kappa shape index (κ3) is 3.53. The van der Waals surface area contributed by atoms with Gasteiger partial charge in [0.1, 0.15) is 24.9 Å². The molecule has 2 aliphatic heterocycles. The van der Waals surface area contributed by atoms with Crippen LogP contribution in [0.25, 0.3) is 0 Å². The van der Waals surface area contributed by atoms with Crippen LogP contribution in [0.5, 0.6) is 0 Å². The Balaban J connectivity index is 2.04. The minimum atomic E-state index is -1.65. The predicted octanol–water partition coefficient (Wildman–Crippen LogP) is -0.0185. The quantitative estimate of drug-likeness (QED) is 0.606. The molecule has 2 saturated heterocycles. The first-order valence-corrected chi connectivity index (χ1v) is 6.14. The van der Waals surface area contributed by atoms with Crippen LogP contribution >= 0.6 is 0 Å². The highest BCUT2D eigenvalue weighted by molar-refractivity contribution is 5.58. The van der Waals surface area contributed by atoms with E-state index in [0.717, 1.165) is 0 Å². The second-order valence-corrected chi connectivity index (χ2v) is 5.06. The molecule has 0 amide bonds. The Bertz CT molecular complexity index is 421. The number of carboxylic acid groups (broad SMARTS) is 2. The molecule has 2 fully saturated rings. The molecule has 5 atom stereocenters. The molecule has 10 heteroatoms. The van der Waals surface area contributed by atoms with Gasteiger partial charge in [-0.15, -0.1) is 0 Å². The van der Waals surface area contributed by atoms with E-state index in [1.54, 1.807) is 13.8 Å². The van der Waals surface area contributed by atoms with Gasteiger partial charge in [0.2, 0.25) is 0 Å². The van der Waals surface area contributed by atoms with Gasteiger partial charge in [-0.2, -0.15) is 0 Å². The van der Waals surface area contributed by atoms with Crippen molar-refractivity contribution in [1.82, 2.24) is 0 Å². The maximum Gasteiger partial charge on any atom is 0.506 e. The number of rotatable bonds is 4. The monoisotopic (exact) mass is 308 g/mol. The lowest BCUT2D eigenvalue weighted by atomic mass is 10.1. The largest absolute Gasteiger partial charge is 0.506 e. The average molecular weight is 308 g/mol. The number of hydrogen-bond donors (Lipinski definition) is 3. The molecule has 10 nitrogen and oxygen atoms in total. The highest BCUT2D eigenvalue weighted by Gasteiger charge is 2.57. The molecule has 0 bridgehead atoms. The zero-order valence-corrected chi connectivity index (χ0v) is 11.3. The van der Waals surface area contributed by atoms with Crippen LogP contribution in [0.15, 0.2) is 0 Å². The van der Waals surface area contributed by atoms with E-state index < -0.39 is 55.4 Å². The van der Waals surface area contributed by atoms with E-state index in [9.17, 15) is 14.7 Å². The van der Waals surface area contributed by atoms with E-state index in [4.69, 9.17) is 24.4 Å². The van der Waals surface area contributed by atoms with Gasteiger partial charge in [-0.05, 0) is 13.8 Å². The number of ether oxygens (including phenoxy) is 5. The molecule has 0 saturated carbocycles. The van der Waals surface area contributed by atoms with Gasteiger partial charge in [-0.3, -0.25) is 0 Å². The van der Waals surface area contributed by atoms with Gasteiger partial charge >= 0.3 is 12.3 Å². The first kappa shape index (κ1) is 15.8. The van der Waals surface area contributed by atoms with Crippen molar-refractivity contribution in [3.05, 3.63) is 0 Å². The minimum absolute atomic E-state index is 0.619. The van der Waals surface area contributed by atoms with Gasteiger partial charge in [-0.25, -0.2) is 9.59 Å². The lowest BCUT2D eigenvalue weighted by Gasteiger charge is -2.27. The summed E-state index contributed by atoms with van der Waals surface area (Å²) in [5.41, 5.74) is 0. The molecule has 0 spiro atoms. The smallest absolute Gasteiger partial charge is 0.450 e. The first-order chi connectivity index (χ1) is 9.69. The van der Waals surface area contributed by atoms with E-state index in [1.165, 1.54) is 0 Å². The summed E-state index contributed by atoms with van der Waals surface area (Å²) in [5.74, 6) is -0.942. The van der Waals surface area contributed by atoms with Gasteiger partial charge in [0.05, 0.1) is 0 Å². The van der Waals surface area contributed by atoms with Crippen LogP contribution in [0.2, 0.25) is 0 Å². The molecular formula is C11H16O10. The normalized spacial score (nSPS) is 35.0. The molecule has 2 rings (SSSR count). The molecule has 0 radical (unpaired) electrons. The second kappa shape index (κ2) is 5.64. The summed E-state index contributed by atoms with van der Waals surface area (Å²) in [4.78, 5) is 21.0. The van der Waals surface area contributed by atoms with Gasteiger partial charge in [0.15, 0.2) is 18.2 Å². The Morgan fingerprint density at radius 1 is 1.24 bits per heavy atom. The molecule has 0 aromatic carbocycles. The summed E-state index contributed by atoms with van der Waals surface area (Å²) in [6, 6.07) is 0. The van der Waals surface area contributed by atoms with Gasteiger partial charge in [0, 0.05) is 0 Å². The van der Waals surface area contributed by atoms with E-state index in [-0.39, 0.29) is 0 Å². The van der Waals surface area contributed by atoms with Crippen LogP contribution in [-0.2, 0) is 23.7 Å². The van der Waals surface area contributed by atoms with Gasteiger partial charge in [-0.1, -0.05) is 0 Å². The molecule has 2 aliphatic rings. The van der Waals surface area contributed by atoms with E-state index in [1.807, 2.05) is 0 Å². The van der Waals surface area contributed by atoms with Crippen molar-refractivity contribution in [3.63, 3.8) is 0 Å². The Kier molecular flexibility index (Phi) is 4.23. The van der Waals surface area contributed by atoms with Crippen LogP contribution in [0.4, 0.5) is 9.59 Å². The third-order valence-electron chi connectivity index (χ3n) is 3.04. The highest BCUT2D eigenvalue weighted by atomic mass is 16.8. The predicted molar refractivity (Wildman–Crippen MR) is 61.6 cm³/mol. The van der Waals surface area contributed by atoms with Crippen molar-refractivity contribution in [2.24, 2.45) is 0 Å². The van der Waals surface area contributed by atoms with Crippen molar-refractivity contribution in [2.75, 3.05) is 6.61 Å². The number of fused-ring (bicyclic) bond motifs is 1. The van der Waals surface area contributed by atoms with Crippen LogP contribution < -0.4 is 0 Å². The van der Waals surface area contributed by atoms with Crippen molar-refractivity contribution in [3.8, 4) is 0 Å². The van der Waals surface area contributed by atoms with Gasteiger partial charge in [0.25, 0.3) is 0 Å². The molecule has 0 unspecified atom stereocenters. The zero-order chi connectivity index (χ0) is 15.8. The number of aliphatic hydroxyl groups is 1. The lowest BCUT2D eigenvalue weighted by molar-refractivity contribution is -0.228. The summed E-state index contributed by atoms with van der Waals surface area (Å²) >= 11 is 0. The first-order valence-electron chi connectivity index (χ1n) is 6.14. The highest BCUT2D eigenvalue weighted by Crippen LogP contribution is 2.38. The summed E-state index contributed by atoms with van der Waals surface area (Å²) < 4.78 is 25.0. The number of carbonyl (C=O) groups is 2. The molecule has 3 N–H and O–H groups in total. The van der Waals surface area contributed by atoms with E-state index in [2.05, 4.69) is 9.47 Å². The molecule has 120 valence electrons. The fraction of sp³-hybridized carbons (Fsp3) is 0.818. The van der Waals surface area contributed by atoms with Crippen molar-refractivity contribution in [2.45, 2.75) is 50.3 Å². The Morgan fingerprint density at radius 3 is 2.43 bits per heavy atom. The van der Waals surface area contributed by atoms with Crippen molar-refractivity contribution >= 4 is 12.3 Å². The molecule has 0 aromatic heterocycles. The van der Waals surface area contributed by atoms with Crippen LogP contribution in [-0.4, -0.2) is 70.7 Å². The van der Waals surface area contributed by atoms with Crippen molar-refractivity contribution in [1.29, 1.82) is 0 Å². The van der Waals surface area contributed by atoms with Crippen LogP contribution in [0.3, 0.4) is 0 Å². The Labute approximate surface area is 119 Å². The minimum Gasteiger partial charge on any atom is -0.450 e. The SMILES string of the molecule is CC1(C)O[C@@H]2O[C@H]([C@H](COC(=O)O)OC(=O)O)[C@H](O)[C@H]2O1. The standard InChI is InChI=1S/C11H16O10/c1-11(2)20-7-5(12)6(19-8(7)21-11)4(18-10(15)16)3-17-9(13)14/h4-8,12H,3H2,1-2H3,(H,13,14)(H,15,16)/t4-,5-,6+,7+,8-/m0/s1. The topological polar surface area (TPSA) is 141 Å². The van der Waals surface area contributed by atoms with Gasteiger partial charge < -0.3 is 39.0 Å². The molecule has 0 aromatic rings. The van der Waals surface area contributed by atoms with E-state index in [0.29, 0.717) is 0 Å². The fourth-order valence-corrected chi connectivity index (χ4v) is 2.30. The summed E-state index contributed by atoms with van der Waals surface area (Å²) in [6.45, 7) is 2.65. The maximum absolute atomic E-state index is 10.6. The molecule has 21 heavy (non-hydrogen) atoms. The summed E-state index contributed by atoms with van der Waals surface area (Å²) in [5, 5.41) is 27.2. The third-order valence-corrected chi connectivity index (χ3v) is 3.04. The fourth-order valence-electron chi connectivity index (χ4n) is 2.30. The average Bonchev–Trinajstić information content (AvgIpc) is 2.78. The molecular weight excluding hydrogens is 292 g/mol. The summed E-state index contributed by atoms with van der Waals surface area (Å²) in [7, 11) is 0. The maximum atomic E-state index is 10.6. The van der Waals surface area contributed by atoms with Crippen molar-refractivity contribution < 1.29 is 48.6 Å². The molecule has 0 aliphatic carbocycles.